The first-order valence-corrected chi connectivity index (χ1v) is 8.35. The number of halogens is 3. The molecule has 3 rings (SSSR count). The van der Waals surface area contributed by atoms with E-state index in [2.05, 4.69) is 20.2 Å². The maximum absolute atomic E-state index is 12.2. The molecule has 2 aromatic carbocycles. The molecule has 0 aliphatic heterocycles. The highest BCUT2D eigenvalue weighted by Gasteiger charge is 2.31. The van der Waals surface area contributed by atoms with Crippen LogP contribution < -0.4 is 10.1 Å². The molecule has 0 radical (unpaired) electrons. The van der Waals surface area contributed by atoms with E-state index >= 15 is 0 Å². The molecule has 0 bridgehead atoms. The van der Waals surface area contributed by atoms with Crippen molar-refractivity contribution in [1.29, 1.82) is 0 Å². The van der Waals surface area contributed by atoms with Crippen molar-refractivity contribution in [1.82, 2.24) is 15.5 Å². The molecule has 1 aromatic heterocycles. The van der Waals surface area contributed by atoms with Gasteiger partial charge in [0.2, 0.25) is 11.7 Å². The van der Waals surface area contributed by atoms with Crippen LogP contribution in [-0.2, 0) is 6.42 Å². The van der Waals surface area contributed by atoms with Crippen LogP contribution in [0, 0.1) is 0 Å². The minimum absolute atomic E-state index is 0.205. The Morgan fingerprint density at radius 2 is 1.82 bits per heavy atom. The molecule has 1 heterocycles. The van der Waals surface area contributed by atoms with E-state index in [9.17, 15) is 18.0 Å². The number of rotatable bonds is 6. The molecule has 9 heteroatoms. The fraction of sp³-hybridized carbons (Fsp3) is 0.211. The highest BCUT2D eigenvalue weighted by molar-refractivity contribution is 5.94. The number of hydrogen-bond acceptors (Lipinski definition) is 5. The van der Waals surface area contributed by atoms with Crippen molar-refractivity contribution in [3.05, 3.63) is 66.1 Å². The van der Waals surface area contributed by atoms with Gasteiger partial charge in [0.1, 0.15) is 5.75 Å². The third-order valence-electron chi connectivity index (χ3n) is 3.71. The number of carbonyl (C=O) groups excluding carboxylic acids is 1. The van der Waals surface area contributed by atoms with Crippen LogP contribution in [0.3, 0.4) is 0 Å². The number of ether oxygens (including phenoxy) is 1. The fourth-order valence-electron chi connectivity index (χ4n) is 2.47. The molecule has 0 unspecified atom stereocenters. The third kappa shape index (κ3) is 5.32. The van der Waals surface area contributed by atoms with Crippen LogP contribution in [0.4, 0.5) is 13.2 Å². The number of benzene rings is 2. The average Bonchev–Trinajstić information content (AvgIpc) is 3.10. The van der Waals surface area contributed by atoms with Crippen LogP contribution in [0.2, 0.25) is 0 Å². The van der Waals surface area contributed by atoms with E-state index in [-0.39, 0.29) is 11.6 Å². The van der Waals surface area contributed by atoms with E-state index < -0.39 is 18.0 Å². The average molecular weight is 391 g/mol. The second-order valence-corrected chi connectivity index (χ2v) is 6.03. The van der Waals surface area contributed by atoms with Crippen molar-refractivity contribution < 1.29 is 27.2 Å². The standard InChI is InChI=1S/C19H16F3N3O3/c1-12(11-16-24-17(25-28-16)13-5-3-2-4-6-13)23-18(26)14-7-9-15(10-8-14)27-19(20,21)22/h2-10,12H,11H2,1H3,(H,23,26)/t12-/m1/s1. The van der Waals surface area contributed by atoms with Crippen molar-refractivity contribution in [2.24, 2.45) is 0 Å². The van der Waals surface area contributed by atoms with Gasteiger partial charge in [-0.25, -0.2) is 0 Å². The lowest BCUT2D eigenvalue weighted by molar-refractivity contribution is -0.274. The Labute approximate surface area is 158 Å². The lowest BCUT2D eigenvalue weighted by Gasteiger charge is -2.12. The predicted molar refractivity (Wildman–Crippen MR) is 93.5 cm³/mol. The summed E-state index contributed by atoms with van der Waals surface area (Å²) in [6.45, 7) is 1.76. The number of nitrogens with one attached hydrogen (secondary N) is 1. The molecule has 0 saturated carbocycles. The van der Waals surface area contributed by atoms with Gasteiger partial charge in [-0.15, -0.1) is 13.2 Å². The van der Waals surface area contributed by atoms with Crippen LogP contribution in [0.1, 0.15) is 23.2 Å². The Balaban J connectivity index is 1.57. The van der Waals surface area contributed by atoms with Crippen LogP contribution in [-0.4, -0.2) is 28.5 Å². The highest BCUT2D eigenvalue weighted by atomic mass is 19.4. The molecule has 1 N–H and O–H groups in total. The predicted octanol–water partition coefficient (Wildman–Crippen LogP) is 4.00. The first-order chi connectivity index (χ1) is 13.3. The van der Waals surface area contributed by atoms with Gasteiger partial charge in [-0.05, 0) is 31.2 Å². The van der Waals surface area contributed by atoms with Gasteiger partial charge in [0.25, 0.3) is 5.91 Å². The molecule has 0 fully saturated rings. The molecule has 6 nitrogen and oxygen atoms in total. The Morgan fingerprint density at radius 3 is 2.46 bits per heavy atom. The van der Waals surface area contributed by atoms with E-state index in [1.807, 2.05) is 30.3 Å². The molecule has 1 atom stereocenters. The molecular formula is C19H16F3N3O3. The molecule has 1 amide bonds. The van der Waals surface area contributed by atoms with E-state index in [0.717, 1.165) is 17.7 Å². The van der Waals surface area contributed by atoms with E-state index in [1.165, 1.54) is 12.1 Å². The molecule has 0 spiro atoms. The summed E-state index contributed by atoms with van der Waals surface area (Å²) in [5.74, 6) is -0.0137. The van der Waals surface area contributed by atoms with Gasteiger partial charge < -0.3 is 14.6 Å². The summed E-state index contributed by atoms with van der Waals surface area (Å²) in [7, 11) is 0. The van der Waals surface area contributed by atoms with Gasteiger partial charge in [-0.2, -0.15) is 4.98 Å². The molecule has 0 saturated heterocycles. The maximum atomic E-state index is 12.2. The van der Waals surface area contributed by atoms with Crippen LogP contribution >= 0.6 is 0 Å². The summed E-state index contributed by atoms with van der Waals surface area (Å²) in [6.07, 6.45) is -4.47. The fourth-order valence-corrected chi connectivity index (χ4v) is 2.47. The quantitative estimate of drug-likeness (QED) is 0.687. The SMILES string of the molecule is C[C@H](Cc1nc(-c2ccccc2)no1)NC(=O)c1ccc(OC(F)(F)F)cc1. The normalized spacial score (nSPS) is 12.4. The van der Waals surface area contributed by atoms with Gasteiger partial charge >= 0.3 is 6.36 Å². The van der Waals surface area contributed by atoms with Gasteiger partial charge in [0.05, 0.1) is 0 Å². The van der Waals surface area contributed by atoms with Crippen molar-refractivity contribution in [2.75, 3.05) is 0 Å². The Hall–Kier alpha value is -3.36. The maximum Gasteiger partial charge on any atom is 0.573 e. The second-order valence-electron chi connectivity index (χ2n) is 6.03. The van der Waals surface area contributed by atoms with Crippen molar-refractivity contribution in [2.45, 2.75) is 25.7 Å². The largest absolute Gasteiger partial charge is 0.573 e. The topological polar surface area (TPSA) is 77.3 Å². The summed E-state index contributed by atoms with van der Waals surface area (Å²) in [5.41, 5.74) is 1.02. The Bertz CT molecular complexity index is 925. The smallest absolute Gasteiger partial charge is 0.406 e. The molecule has 0 aliphatic rings. The molecular weight excluding hydrogens is 375 g/mol. The number of alkyl halides is 3. The summed E-state index contributed by atoms with van der Waals surface area (Å²) >= 11 is 0. The molecule has 0 aliphatic carbocycles. The van der Waals surface area contributed by atoms with Gasteiger partial charge in [-0.1, -0.05) is 35.5 Å². The van der Waals surface area contributed by atoms with Gasteiger partial charge in [0.15, 0.2) is 0 Å². The van der Waals surface area contributed by atoms with E-state index in [1.54, 1.807) is 6.92 Å². The summed E-state index contributed by atoms with van der Waals surface area (Å²) < 4.78 is 45.5. The molecule has 28 heavy (non-hydrogen) atoms. The molecule has 146 valence electrons. The minimum Gasteiger partial charge on any atom is -0.406 e. The minimum atomic E-state index is -4.78. The van der Waals surface area contributed by atoms with E-state index in [0.29, 0.717) is 18.1 Å². The second kappa shape index (κ2) is 8.12. The monoisotopic (exact) mass is 391 g/mol. The lowest BCUT2D eigenvalue weighted by Crippen LogP contribution is -2.34. The Morgan fingerprint density at radius 1 is 1.14 bits per heavy atom. The number of hydrogen-bond donors (Lipinski definition) is 1. The number of nitrogens with zero attached hydrogens (tertiary/aromatic N) is 2. The van der Waals surface area contributed by atoms with Crippen LogP contribution in [0.15, 0.2) is 59.1 Å². The molecule has 3 aromatic rings. The van der Waals surface area contributed by atoms with Gasteiger partial charge in [0, 0.05) is 23.6 Å². The van der Waals surface area contributed by atoms with Crippen molar-refractivity contribution >= 4 is 5.91 Å². The van der Waals surface area contributed by atoms with Crippen molar-refractivity contribution in [3.8, 4) is 17.1 Å². The zero-order valence-corrected chi connectivity index (χ0v) is 14.7. The van der Waals surface area contributed by atoms with Crippen molar-refractivity contribution in [3.63, 3.8) is 0 Å². The first kappa shape index (κ1) is 19.4. The zero-order valence-electron chi connectivity index (χ0n) is 14.7. The van der Waals surface area contributed by atoms with Crippen LogP contribution in [0.5, 0.6) is 5.75 Å². The van der Waals surface area contributed by atoms with E-state index in [4.69, 9.17) is 4.52 Å². The summed E-state index contributed by atoms with van der Waals surface area (Å²) in [6, 6.07) is 13.6. The summed E-state index contributed by atoms with van der Waals surface area (Å²) in [4.78, 5) is 16.5. The van der Waals surface area contributed by atoms with Gasteiger partial charge in [-0.3, -0.25) is 4.79 Å². The number of amides is 1. The number of aromatic nitrogens is 2. The Kier molecular flexibility index (Phi) is 5.62. The number of carbonyl (C=O) groups is 1. The first-order valence-electron chi connectivity index (χ1n) is 8.35. The third-order valence-corrected chi connectivity index (χ3v) is 3.71. The lowest BCUT2D eigenvalue weighted by atomic mass is 10.1. The highest BCUT2D eigenvalue weighted by Crippen LogP contribution is 2.22. The van der Waals surface area contributed by atoms with Crippen LogP contribution in [0.25, 0.3) is 11.4 Å². The zero-order chi connectivity index (χ0) is 20.1. The summed E-state index contributed by atoms with van der Waals surface area (Å²) in [5, 5.41) is 6.64.